The van der Waals surface area contributed by atoms with Gasteiger partial charge in [0.25, 0.3) is 11.8 Å². The van der Waals surface area contributed by atoms with Crippen molar-refractivity contribution in [2.75, 3.05) is 57.8 Å². The number of halogens is 1. The summed E-state index contributed by atoms with van der Waals surface area (Å²) in [5.41, 5.74) is 0.275. The Morgan fingerprint density at radius 3 is 2.31 bits per heavy atom. The van der Waals surface area contributed by atoms with Crippen molar-refractivity contribution in [2.24, 2.45) is 11.3 Å². The fourth-order valence-corrected chi connectivity index (χ4v) is 6.90. The number of aliphatic hydroxyl groups is 1. The average Bonchev–Trinajstić information content (AvgIpc) is 3.49. The normalized spacial score (nSPS) is 16.7. The van der Waals surface area contributed by atoms with Crippen LogP contribution in [0.3, 0.4) is 0 Å². The highest BCUT2D eigenvalue weighted by Crippen LogP contribution is 2.44. The van der Waals surface area contributed by atoms with Crippen LogP contribution in [0.1, 0.15) is 71.2 Å². The topological polar surface area (TPSA) is 173 Å². The molecule has 2 aromatic rings. The first-order valence-corrected chi connectivity index (χ1v) is 17.5. The molecule has 2 fully saturated rings. The first-order chi connectivity index (χ1) is 24.1. The van der Waals surface area contributed by atoms with Crippen molar-refractivity contribution in [1.29, 1.82) is 0 Å². The summed E-state index contributed by atoms with van der Waals surface area (Å²) in [6.45, 7) is 18.1. The first kappa shape index (κ1) is 41.2. The Morgan fingerprint density at radius 2 is 1.75 bits per heavy atom. The number of likely N-dealkylation sites (tertiary alicyclic amines) is 1. The maximum atomic E-state index is 14.3. The van der Waals surface area contributed by atoms with Crippen LogP contribution < -0.4 is 9.64 Å². The molecule has 2 unspecified atom stereocenters. The fraction of sp³-hybridized carbons (Fsp3) is 0.611. The van der Waals surface area contributed by atoms with Crippen molar-refractivity contribution in [3.8, 4) is 11.6 Å². The van der Waals surface area contributed by atoms with Gasteiger partial charge in [0.1, 0.15) is 17.9 Å². The summed E-state index contributed by atoms with van der Waals surface area (Å²) in [5, 5.41) is 34.6. The van der Waals surface area contributed by atoms with E-state index in [-0.39, 0.29) is 40.7 Å². The molecule has 0 radical (unpaired) electrons. The van der Waals surface area contributed by atoms with Gasteiger partial charge in [-0.1, -0.05) is 20.8 Å². The van der Waals surface area contributed by atoms with Gasteiger partial charge >= 0.3 is 11.9 Å². The minimum absolute atomic E-state index is 0.0499. The molecule has 0 aliphatic carbocycles. The summed E-state index contributed by atoms with van der Waals surface area (Å²) in [5.74, 6) is -1.90. The number of rotatable bonds is 16. The molecular formula is C36H54FN7O7. The number of hydrogen-bond acceptors (Lipinski definition) is 11. The van der Waals surface area contributed by atoms with Crippen molar-refractivity contribution < 1.29 is 38.8 Å². The summed E-state index contributed by atoms with van der Waals surface area (Å²) in [7, 11) is 2.07. The van der Waals surface area contributed by atoms with Crippen molar-refractivity contribution in [3.63, 3.8) is 0 Å². The lowest BCUT2D eigenvalue weighted by molar-refractivity contribution is -0.134. The van der Waals surface area contributed by atoms with Gasteiger partial charge < -0.3 is 34.8 Å². The number of carboxylic acids is 2. The smallest absolute Gasteiger partial charge is 0.328 e. The van der Waals surface area contributed by atoms with Crippen molar-refractivity contribution in [2.45, 2.75) is 79.0 Å². The van der Waals surface area contributed by atoms with E-state index in [2.05, 4.69) is 57.7 Å². The molecule has 0 bridgehead atoms. The third-order valence-corrected chi connectivity index (χ3v) is 9.24. The Bertz CT molecular complexity index is 1490. The van der Waals surface area contributed by atoms with Crippen molar-refractivity contribution in [1.82, 2.24) is 29.9 Å². The molecule has 3 heterocycles. The first-order valence-electron chi connectivity index (χ1n) is 17.5. The van der Waals surface area contributed by atoms with E-state index < -0.39 is 17.8 Å². The minimum atomic E-state index is -1.26. The molecule has 1 aromatic carbocycles. The van der Waals surface area contributed by atoms with E-state index >= 15 is 0 Å². The number of hydrogen-bond donors (Lipinski definition) is 3. The van der Waals surface area contributed by atoms with Gasteiger partial charge in [-0.3, -0.25) is 9.69 Å². The van der Waals surface area contributed by atoms with Gasteiger partial charge in [0, 0.05) is 68.9 Å². The predicted octanol–water partition coefficient (Wildman–Crippen LogP) is 4.01. The summed E-state index contributed by atoms with van der Waals surface area (Å²) in [6, 6.07) is 4.23. The fourth-order valence-electron chi connectivity index (χ4n) is 6.90. The number of ether oxygens (including phenoxy) is 1. The van der Waals surface area contributed by atoms with Crippen LogP contribution in [0.5, 0.6) is 11.6 Å². The van der Waals surface area contributed by atoms with Crippen LogP contribution in [0, 0.1) is 17.2 Å². The summed E-state index contributed by atoms with van der Waals surface area (Å²) in [4.78, 5) is 45.5. The number of likely N-dealkylation sites (N-methyl/N-ethyl adjacent to an activating group) is 1. The van der Waals surface area contributed by atoms with E-state index in [0.29, 0.717) is 43.0 Å². The van der Waals surface area contributed by atoms with Gasteiger partial charge in [0.15, 0.2) is 5.82 Å². The van der Waals surface area contributed by atoms with Crippen LogP contribution in [0.25, 0.3) is 0 Å². The molecule has 2 aliphatic rings. The van der Waals surface area contributed by atoms with Crippen LogP contribution in [-0.2, 0) is 9.59 Å². The molecule has 1 aromatic heterocycles. The highest BCUT2D eigenvalue weighted by atomic mass is 19.1. The zero-order valence-electron chi connectivity index (χ0n) is 30.8. The predicted molar refractivity (Wildman–Crippen MR) is 190 cm³/mol. The van der Waals surface area contributed by atoms with Crippen LogP contribution in [0.4, 0.5) is 10.2 Å². The van der Waals surface area contributed by atoms with E-state index in [1.165, 1.54) is 24.5 Å². The highest BCUT2D eigenvalue weighted by molar-refractivity contribution is 5.97. The van der Waals surface area contributed by atoms with Crippen LogP contribution in [-0.4, -0.2) is 134 Å². The second-order valence-corrected chi connectivity index (χ2v) is 14.1. The number of aliphatic hydroxyl groups excluding tert-OH is 1. The number of aliphatic carboxylic acids is 2. The largest absolute Gasteiger partial charge is 0.478 e. The molecule has 14 nitrogen and oxygen atoms in total. The van der Waals surface area contributed by atoms with E-state index in [1.54, 1.807) is 4.90 Å². The Hall–Kier alpha value is -4.21. The molecule has 15 heteroatoms. The molecule has 0 saturated carbocycles. The molecule has 2 atom stereocenters. The van der Waals surface area contributed by atoms with E-state index in [4.69, 9.17) is 14.9 Å². The third-order valence-electron chi connectivity index (χ3n) is 9.24. The Balaban J connectivity index is 0.000000783. The number of benzene rings is 1. The molecule has 282 valence electrons. The SMILES string of the molecule is CCCN(C)CC(O)CC(C(C)C)N1CC2(CCN(c3ncnnc3Oc3ccc(F)cc3C(=O)N(CC)C(C)C)C2)C1.O=C(O)/C=C/C(=O)O. The summed E-state index contributed by atoms with van der Waals surface area (Å²) < 4.78 is 20.4. The molecule has 2 saturated heterocycles. The lowest BCUT2D eigenvalue weighted by Gasteiger charge is -2.53. The van der Waals surface area contributed by atoms with Crippen LogP contribution in [0.2, 0.25) is 0 Å². The van der Waals surface area contributed by atoms with Crippen LogP contribution in [0.15, 0.2) is 36.7 Å². The zero-order chi connectivity index (χ0) is 37.9. The van der Waals surface area contributed by atoms with Crippen LogP contribution >= 0.6 is 0 Å². The quantitative estimate of drug-likeness (QED) is 0.213. The molecule has 2 aliphatic heterocycles. The summed E-state index contributed by atoms with van der Waals surface area (Å²) in [6.07, 6.45) is 5.03. The lowest BCUT2D eigenvalue weighted by Crippen LogP contribution is -2.62. The maximum absolute atomic E-state index is 14.3. The number of aromatic nitrogens is 3. The molecular weight excluding hydrogens is 661 g/mol. The number of amides is 1. The zero-order valence-corrected chi connectivity index (χ0v) is 30.8. The van der Waals surface area contributed by atoms with Gasteiger partial charge in [0.2, 0.25) is 0 Å². The number of nitrogens with zero attached hydrogens (tertiary/aromatic N) is 7. The number of carboxylic acid groups (broad SMARTS) is 2. The third kappa shape index (κ3) is 11.7. The number of carbonyl (C=O) groups is 3. The molecule has 4 rings (SSSR count). The van der Waals surface area contributed by atoms with Gasteiger partial charge in [-0.05, 0) is 77.7 Å². The maximum Gasteiger partial charge on any atom is 0.328 e. The summed E-state index contributed by atoms with van der Waals surface area (Å²) >= 11 is 0. The molecule has 51 heavy (non-hydrogen) atoms. The minimum Gasteiger partial charge on any atom is -0.478 e. The Labute approximate surface area is 299 Å². The van der Waals surface area contributed by atoms with Gasteiger partial charge in [-0.2, -0.15) is 0 Å². The van der Waals surface area contributed by atoms with Gasteiger partial charge in [-0.15, -0.1) is 10.2 Å². The van der Waals surface area contributed by atoms with Gasteiger partial charge in [0.05, 0.1) is 11.7 Å². The Kier molecular flexibility index (Phi) is 15.2. The molecule has 1 amide bonds. The second-order valence-electron chi connectivity index (χ2n) is 14.1. The average molecular weight is 716 g/mol. The Morgan fingerprint density at radius 1 is 1.08 bits per heavy atom. The van der Waals surface area contributed by atoms with Crippen molar-refractivity contribution >= 4 is 23.7 Å². The number of anilines is 1. The van der Waals surface area contributed by atoms with Crippen molar-refractivity contribution in [3.05, 3.63) is 48.1 Å². The van der Waals surface area contributed by atoms with E-state index in [9.17, 15) is 23.9 Å². The number of carbonyl (C=O) groups excluding carboxylic acids is 1. The highest BCUT2D eigenvalue weighted by Gasteiger charge is 2.50. The molecule has 1 spiro atoms. The molecule has 3 N–H and O–H groups in total. The standard InChI is InChI=1S/C32H50FN7O3.C4H4O4/c1-8-13-37(7)17-25(41)16-27(22(3)4)39-19-32(20-39)12-14-38(18-32)29-30(36-35-21-34-29)43-28-11-10-24(33)15-26(28)31(42)40(9-2)23(5)6;5-3(6)1-2-4(7)8/h10-11,15,21-23,25,27,41H,8-9,12-14,16-20H2,1-7H3;1-2H,(H,5,6)(H,7,8)/b;2-1+. The van der Waals surface area contributed by atoms with E-state index in [1.807, 2.05) is 20.8 Å². The monoisotopic (exact) mass is 715 g/mol. The lowest BCUT2D eigenvalue weighted by atomic mass is 9.76. The van der Waals surface area contributed by atoms with E-state index in [0.717, 1.165) is 52.0 Å². The second kappa shape index (κ2) is 18.9. The van der Waals surface area contributed by atoms with Gasteiger partial charge in [-0.25, -0.2) is 19.0 Å².